The zero-order valence-corrected chi connectivity index (χ0v) is 22.6. The summed E-state index contributed by atoms with van der Waals surface area (Å²) in [5.74, 6) is 1.62. The van der Waals surface area contributed by atoms with Gasteiger partial charge in [0.05, 0.1) is 23.3 Å². The fourth-order valence-electron chi connectivity index (χ4n) is 3.09. The van der Waals surface area contributed by atoms with Crippen LogP contribution in [-0.4, -0.2) is 32.1 Å². The first-order valence-corrected chi connectivity index (χ1v) is 12.7. The lowest BCUT2D eigenvalue weighted by atomic mass is 10.0. The molecule has 36 heavy (non-hydrogen) atoms. The molecule has 3 aromatic carbocycles. The maximum Gasteiger partial charge on any atom is 0.156 e. The van der Waals surface area contributed by atoms with Crippen LogP contribution in [-0.2, 0) is 4.84 Å². The smallest absolute Gasteiger partial charge is 0.156 e. The van der Waals surface area contributed by atoms with E-state index >= 15 is 0 Å². The van der Waals surface area contributed by atoms with Crippen LogP contribution in [0, 0.1) is 0 Å². The minimum atomic E-state index is 0.123. The van der Waals surface area contributed by atoms with Crippen LogP contribution in [0.5, 0.6) is 17.2 Å². The summed E-state index contributed by atoms with van der Waals surface area (Å²) in [7, 11) is 0. The van der Waals surface area contributed by atoms with E-state index in [2.05, 4.69) is 5.16 Å². The summed E-state index contributed by atoms with van der Waals surface area (Å²) < 4.78 is 17.2. The van der Waals surface area contributed by atoms with Gasteiger partial charge in [0.15, 0.2) is 5.75 Å². The normalized spacial score (nSPS) is 11.1. The van der Waals surface area contributed by atoms with E-state index in [0.29, 0.717) is 47.8 Å². The number of oxime groups is 1. The van der Waals surface area contributed by atoms with Gasteiger partial charge < -0.3 is 19.0 Å². The standard InChI is InChI=1S/C27H25Cl4NO4/c1-2-36-32-26(19-7-4-3-5-8-19)20-9-11-21(12-10-20)33-14-6-15-35-27-23(28)17-22(18-24(27)29)34-16-13-25(30)31/h3-5,7-13,17-18H,2,6,14-16H2,1H3. The van der Waals surface area contributed by atoms with E-state index in [1.54, 1.807) is 12.1 Å². The Morgan fingerprint density at radius 2 is 1.44 bits per heavy atom. The summed E-state index contributed by atoms with van der Waals surface area (Å²) in [4.78, 5) is 5.32. The second-order valence-electron chi connectivity index (χ2n) is 7.32. The van der Waals surface area contributed by atoms with E-state index in [1.807, 2.05) is 61.5 Å². The SMILES string of the molecule is CCON=C(c1ccccc1)c1ccc(OCCCOc2c(Cl)cc(OCC=C(Cl)Cl)cc2Cl)cc1. The van der Waals surface area contributed by atoms with Crippen molar-refractivity contribution in [3.05, 3.63) is 98.5 Å². The second kappa shape index (κ2) is 14.9. The highest BCUT2D eigenvalue weighted by Crippen LogP contribution is 2.37. The van der Waals surface area contributed by atoms with Crippen LogP contribution < -0.4 is 14.2 Å². The summed E-state index contributed by atoms with van der Waals surface area (Å²) in [6.07, 6.45) is 2.15. The molecule has 0 aliphatic carbocycles. The second-order valence-corrected chi connectivity index (χ2v) is 9.14. The molecule has 0 heterocycles. The number of rotatable bonds is 13. The molecule has 0 saturated heterocycles. The summed E-state index contributed by atoms with van der Waals surface area (Å²) in [5, 5.41) is 4.98. The first-order valence-electron chi connectivity index (χ1n) is 11.2. The first-order chi connectivity index (χ1) is 17.5. The lowest BCUT2D eigenvalue weighted by Crippen LogP contribution is -2.07. The van der Waals surface area contributed by atoms with Crippen molar-refractivity contribution >= 4 is 52.1 Å². The topological polar surface area (TPSA) is 49.3 Å². The van der Waals surface area contributed by atoms with E-state index in [1.165, 1.54) is 6.08 Å². The number of ether oxygens (including phenoxy) is 3. The van der Waals surface area contributed by atoms with Gasteiger partial charge in [0.25, 0.3) is 0 Å². The lowest BCUT2D eigenvalue weighted by Gasteiger charge is -2.13. The summed E-state index contributed by atoms with van der Waals surface area (Å²) in [5.41, 5.74) is 2.68. The van der Waals surface area contributed by atoms with Crippen LogP contribution in [0.4, 0.5) is 0 Å². The van der Waals surface area contributed by atoms with Crippen LogP contribution >= 0.6 is 46.4 Å². The molecule has 190 valence electrons. The van der Waals surface area contributed by atoms with Gasteiger partial charge in [-0.1, -0.05) is 81.9 Å². The van der Waals surface area contributed by atoms with Gasteiger partial charge in [-0.3, -0.25) is 0 Å². The third-order valence-electron chi connectivity index (χ3n) is 4.72. The third-order valence-corrected chi connectivity index (χ3v) is 5.59. The number of nitrogens with zero attached hydrogens (tertiary/aromatic N) is 1. The van der Waals surface area contributed by atoms with Crippen molar-refractivity contribution in [2.75, 3.05) is 26.4 Å². The van der Waals surface area contributed by atoms with Crippen LogP contribution in [0.1, 0.15) is 24.5 Å². The maximum atomic E-state index is 6.29. The van der Waals surface area contributed by atoms with E-state index in [-0.39, 0.29) is 11.1 Å². The molecule has 5 nitrogen and oxygen atoms in total. The molecule has 0 fully saturated rings. The summed E-state index contributed by atoms with van der Waals surface area (Å²) in [6, 6.07) is 20.9. The molecule has 0 bridgehead atoms. The zero-order valence-electron chi connectivity index (χ0n) is 19.6. The van der Waals surface area contributed by atoms with Crippen molar-refractivity contribution in [1.82, 2.24) is 0 Å². The zero-order chi connectivity index (χ0) is 25.8. The predicted molar refractivity (Wildman–Crippen MR) is 148 cm³/mol. The number of hydrogen-bond acceptors (Lipinski definition) is 5. The summed E-state index contributed by atoms with van der Waals surface area (Å²) in [6.45, 7) is 3.43. The molecule has 0 saturated carbocycles. The van der Waals surface area contributed by atoms with Crippen molar-refractivity contribution in [3.63, 3.8) is 0 Å². The van der Waals surface area contributed by atoms with Crippen molar-refractivity contribution < 1.29 is 19.0 Å². The molecule has 0 atom stereocenters. The Balaban J connectivity index is 1.49. The molecule has 3 rings (SSSR count). The van der Waals surface area contributed by atoms with Gasteiger partial charge in [-0.25, -0.2) is 0 Å². The average Bonchev–Trinajstić information content (AvgIpc) is 2.87. The highest BCUT2D eigenvalue weighted by Gasteiger charge is 2.11. The Labute approximate surface area is 231 Å². The molecule has 9 heteroatoms. The quantitative estimate of drug-likeness (QED) is 0.118. The number of benzene rings is 3. The lowest BCUT2D eigenvalue weighted by molar-refractivity contribution is 0.159. The van der Waals surface area contributed by atoms with Crippen LogP contribution in [0.15, 0.2) is 82.5 Å². The molecule has 0 unspecified atom stereocenters. The van der Waals surface area contributed by atoms with Crippen LogP contribution in [0.25, 0.3) is 0 Å². The maximum absolute atomic E-state index is 6.29. The van der Waals surface area contributed by atoms with Gasteiger partial charge in [-0.05, 0) is 37.3 Å². The molecule has 0 aliphatic heterocycles. The fourth-order valence-corrected chi connectivity index (χ4v) is 3.79. The van der Waals surface area contributed by atoms with E-state index in [4.69, 9.17) is 65.5 Å². The van der Waals surface area contributed by atoms with E-state index < -0.39 is 0 Å². The highest BCUT2D eigenvalue weighted by atomic mass is 35.5. The van der Waals surface area contributed by atoms with E-state index in [9.17, 15) is 0 Å². The van der Waals surface area contributed by atoms with Crippen molar-refractivity contribution in [2.24, 2.45) is 5.16 Å². The average molecular weight is 569 g/mol. The van der Waals surface area contributed by atoms with Gasteiger partial charge in [0.2, 0.25) is 0 Å². The first kappa shape index (κ1) is 28.0. The Bertz CT molecular complexity index is 1140. The predicted octanol–water partition coefficient (Wildman–Crippen LogP) is 8.33. The molecule has 0 N–H and O–H groups in total. The van der Waals surface area contributed by atoms with Gasteiger partial charge in [-0.2, -0.15) is 0 Å². The monoisotopic (exact) mass is 567 g/mol. The Morgan fingerprint density at radius 1 is 0.806 bits per heavy atom. The molecule has 0 amide bonds. The van der Waals surface area contributed by atoms with Crippen molar-refractivity contribution in [2.45, 2.75) is 13.3 Å². The molecule has 0 radical (unpaired) electrons. The third kappa shape index (κ3) is 8.82. The van der Waals surface area contributed by atoms with Gasteiger partial charge in [-0.15, -0.1) is 0 Å². The minimum Gasteiger partial charge on any atom is -0.493 e. The summed E-state index contributed by atoms with van der Waals surface area (Å²) >= 11 is 23.7. The van der Waals surface area contributed by atoms with Crippen LogP contribution in [0.3, 0.4) is 0 Å². The van der Waals surface area contributed by atoms with E-state index in [0.717, 1.165) is 22.6 Å². The molecule has 0 spiro atoms. The molecule has 0 aliphatic rings. The van der Waals surface area contributed by atoms with Gasteiger partial charge in [0.1, 0.15) is 34.9 Å². The van der Waals surface area contributed by atoms with Crippen LogP contribution in [0.2, 0.25) is 10.0 Å². The Morgan fingerprint density at radius 3 is 2.08 bits per heavy atom. The number of halogens is 4. The van der Waals surface area contributed by atoms with Gasteiger partial charge >= 0.3 is 0 Å². The van der Waals surface area contributed by atoms with Crippen molar-refractivity contribution in [3.8, 4) is 17.2 Å². The number of hydrogen-bond donors (Lipinski definition) is 0. The molecular weight excluding hydrogens is 544 g/mol. The fraction of sp³-hybridized carbons (Fsp3) is 0.222. The van der Waals surface area contributed by atoms with Gasteiger partial charge in [0, 0.05) is 29.7 Å². The highest BCUT2D eigenvalue weighted by molar-refractivity contribution is 6.55. The largest absolute Gasteiger partial charge is 0.493 e. The molecular formula is C27H25Cl4NO4. The van der Waals surface area contributed by atoms with Crippen molar-refractivity contribution in [1.29, 1.82) is 0 Å². The Hall–Kier alpha value is -2.57. The Kier molecular flexibility index (Phi) is 11.6. The molecule has 0 aromatic heterocycles. The minimum absolute atomic E-state index is 0.123. The molecule has 3 aromatic rings.